The van der Waals surface area contributed by atoms with E-state index >= 15 is 0 Å². The molecule has 126 valence electrons. The lowest BCUT2D eigenvalue weighted by Crippen LogP contribution is -2.62. The molecule has 0 radical (unpaired) electrons. The molecule has 3 rings (SSSR count). The number of ether oxygens (including phenoxy) is 5. The standard InChI is InChI=1S/C17H22O6/c1-3-9-20-15-13(18)14-12(22-17(15)19-2)10-21-16(23-14)11-7-5-4-6-8-11/h3-8,12-18H,1,9-10H2,2H3/t12-,13+,14-,15-,16-,17+/m1/s1. The summed E-state index contributed by atoms with van der Waals surface area (Å²) in [5, 5.41) is 10.7. The van der Waals surface area contributed by atoms with Crippen LogP contribution in [0, 0.1) is 0 Å². The van der Waals surface area contributed by atoms with Crippen molar-refractivity contribution in [1.82, 2.24) is 0 Å². The van der Waals surface area contributed by atoms with Gasteiger partial charge in [-0.25, -0.2) is 0 Å². The molecule has 0 bridgehead atoms. The summed E-state index contributed by atoms with van der Waals surface area (Å²) in [5.41, 5.74) is 0.899. The number of rotatable bonds is 5. The number of hydrogen-bond donors (Lipinski definition) is 1. The van der Waals surface area contributed by atoms with E-state index in [2.05, 4.69) is 6.58 Å². The largest absolute Gasteiger partial charge is 0.387 e. The second-order valence-electron chi connectivity index (χ2n) is 5.53. The Morgan fingerprint density at radius 3 is 2.78 bits per heavy atom. The van der Waals surface area contributed by atoms with E-state index in [0.29, 0.717) is 13.2 Å². The molecular formula is C17H22O6. The zero-order valence-electron chi connectivity index (χ0n) is 13.0. The molecular weight excluding hydrogens is 300 g/mol. The van der Waals surface area contributed by atoms with Crippen molar-refractivity contribution in [3.63, 3.8) is 0 Å². The fourth-order valence-electron chi connectivity index (χ4n) is 2.89. The molecule has 0 aromatic heterocycles. The molecule has 1 aromatic rings. The van der Waals surface area contributed by atoms with Crippen molar-refractivity contribution in [2.45, 2.75) is 37.0 Å². The molecule has 6 heteroatoms. The van der Waals surface area contributed by atoms with Gasteiger partial charge in [0.15, 0.2) is 12.6 Å². The maximum absolute atomic E-state index is 10.7. The van der Waals surface area contributed by atoms with E-state index in [1.54, 1.807) is 6.08 Å². The highest BCUT2D eigenvalue weighted by molar-refractivity contribution is 5.16. The average Bonchev–Trinajstić information content (AvgIpc) is 2.61. The van der Waals surface area contributed by atoms with E-state index in [1.165, 1.54) is 7.11 Å². The molecule has 6 atom stereocenters. The van der Waals surface area contributed by atoms with E-state index in [9.17, 15) is 5.11 Å². The Labute approximate surface area is 135 Å². The van der Waals surface area contributed by atoms with E-state index in [1.807, 2.05) is 30.3 Å². The third-order valence-electron chi connectivity index (χ3n) is 4.02. The van der Waals surface area contributed by atoms with Crippen molar-refractivity contribution in [3.8, 4) is 0 Å². The van der Waals surface area contributed by atoms with Crippen LogP contribution in [0.2, 0.25) is 0 Å². The minimum atomic E-state index is -0.881. The molecule has 2 heterocycles. The van der Waals surface area contributed by atoms with Gasteiger partial charge in [0.05, 0.1) is 13.2 Å². The van der Waals surface area contributed by atoms with E-state index in [4.69, 9.17) is 23.7 Å². The smallest absolute Gasteiger partial charge is 0.186 e. The van der Waals surface area contributed by atoms with Crippen molar-refractivity contribution in [1.29, 1.82) is 0 Å². The van der Waals surface area contributed by atoms with Crippen molar-refractivity contribution in [3.05, 3.63) is 48.6 Å². The number of hydrogen-bond acceptors (Lipinski definition) is 6. The summed E-state index contributed by atoms with van der Waals surface area (Å²) < 4.78 is 28.3. The summed E-state index contributed by atoms with van der Waals surface area (Å²) in [6, 6.07) is 9.60. The molecule has 2 aliphatic heterocycles. The topological polar surface area (TPSA) is 66.4 Å². The lowest BCUT2D eigenvalue weighted by molar-refractivity contribution is -0.361. The molecule has 0 saturated carbocycles. The molecule has 1 N–H and O–H groups in total. The van der Waals surface area contributed by atoms with Gasteiger partial charge < -0.3 is 28.8 Å². The normalized spacial score (nSPS) is 37.1. The molecule has 2 fully saturated rings. The van der Waals surface area contributed by atoms with Crippen molar-refractivity contribution in [2.75, 3.05) is 20.3 Å². The highest BCUT2D eigenvalue weighted by Crippen LogP contribution is 2.35. The van der Waals surface area contributed by atoms with Crippen LogP contribution in [-0.2, 0) is 23.7 Å². The maximum Gasteiger partial charge on any atom is 0.186 e. The van der Waals surface area contributed by atoms with Gasteiger partial charge in [-0.1, -0.05) is 36.4 Å². The monoisotopic (exact) mass is 322 g/mol. The van der Waals surface area contributed by atoms with Gasteiger partial charge in [-0.05, 0) is 0 Å². The molecule has 6 nitrogen and oxygen atoms in total. The Morgan fingerprint density at radius 2 is 2.09 bits per heavy atom. The van der Waals surface area contributed by atoms with Crippen LogP contribution < -0.4 is 0 Å². The Bertz CT molecular complexity index is 507. The van der Waals surface area contributed by atoms with Gasteiger partial charge in [0, 0.05) is 12.7 Å². The third kappa shape index (κ3) is 3.47. The SMILES string of the molecule is C=CCO[C@H]1[C@@H](OC)O[C@@H]2CO[C@@H](c3ccccc3)O[C@H]2[C@@H]1O. The number of aliphatic hydroxyl groups excluding tert-OH is 1. The molecule has 2 aliphatic rings. The van der Waals surface area contributed by atoms with E-state index < -0.39 is 37.0 Å². The molecule has 0 unspecified atom stereocenters. The number of aliphatic hydroxyl groups is 1. The quantitative estimate of drug-likeness (QED) is 0.827. The lowest BCUT2D eigenvalue weighted by atomic mass is 9.97. The first-order chi connectivity index (χ1) is 11.2. The molecule has 1 aromatic carbocycles. The van der Waals surface area contributed by atoms with Crippen LogP contribution in [0.4, 0.5) is 0 Å². The molecule has 23 heavy (non-hydrogen) atoms. The zero-order chi connectivity index (χ0) is 16.2. The first kappa shape index (κ1) is 16.6. The molecule has 0 amide bonds. The Hall–Kier alpha value is -1.28. The summed E-state index contributed by atoms with van der Waals surface area (Å²) in [6.07, 6.45) is -2.07. The maximum atomic E-state index is 10.7. The van der Waals surface area contributed by atoms with Crippen LogP contribution in [0.5, 0.6) is 0 Å². The Morgan fingerprint density at radius 1 is 1.30 bits per heavy atom. The average molecular weight is 322 g/mol. The van der Waals surface area contributed by atoms with Crippen molar-refractivity contribution < 1.29 is 28.8 Å². The minimum Gasteiger partial charge on any atom is -0.387 e. The summed E-state index contributed by atoms with van der Waals surface area (Å²) >= 11 is 0. The zero-order valence-corrected chi connectivity index (χ0v) is 13.0. The van der Waals surface area contributed by atoms with Gasteiger partial charge in [-0.2, -0.15) is 0 Å². The van der Waals surface area contributed by atoms with Gasteiger partial charge in [0.25, 0.3) is 0 Å². The number of benzene rings is 1. The van der Waals surface area contributed by atoms with E-state index in [-0.39, 0.29) is 0 Å². The predicted octanol–water partition coefficient (Wildman–Crippen LogP) is 1.40. The highest BCUT2D eigenvalue weighted by atomic mass is 16.8. The van der Waals surface area contributed by atoms with Crippen LogP contribution >= 0.6 is 0 Å². The minimum absolute atomic E-state index is 0.293. The van der Waals surface area contributed by atoms with Crippen LogP contribution in [-0.4, -0.2) is 56.1 Å². The molecule has 0 spiro atoms. The fraction of sp³-hybridized carbons (Fsp3) is 0.529. The molecule has 0 aliphatic carbocycles. The number of fused-ring (bicyclic) bond motifs is 1. The summed E-state index contributed by atoms with van der Waals surface area (Å²) in [7, 11) is 1.51. The van der Waals surface area contributed by atoms with E-state index in [0.717, 1.165) is 5.56 Å². The summed E-state index contributed by atoms with van der Waals surface area (Å²) in [4.78, 5) is 0. The van der Waals surface area contributed by atoms with Crippen LogP contribution in [0.25, 0.3) is 0 Å². The van der Waals surface area contributed by atoms with Gasteiger partial charge in [0.2, 0.25) is 0 Å². The highest BCUT2D eigenvalue weighted by Gasteiger charge is 2.50. The first-order valence-corrected chi connectivity index (χ1v) is 7.65. The Balaban J connectivity index is 1.73. The second-order valence-corrected chi connectivity index (χ2v) is 5.53. The second kappa shape index (κ2) is 7.53. The third-order valence-corrected chi connectivity index (χ3v) is 4.02. The predicted molar refractivity (Wildman–Crippen MR) is 81.6 cm³/mol. The lowest BCUT2D eigenvalue weighted by Gasteiger charge is -2.47. The first-order valence-electron chi connectivity index (χ1n) is 7.65. The van der Waals surface area contributed by atoms with Gasteiger partial charge >= 0.3 is 0 Å². The van der Waals surface area contributed by atoms with Crippen LogP contribution in [0.1, 0.15) is 11.9 Å². The number of methoxy groups -OCH3 is 1. The fourth-order valence-corrected chi connectivity index (χ4v) is 2.89. The van der Waals surface area contributed by atoms with Crippen molar-refractivity contribution in [2.24, 2.45) is 0 Å². The summed E-state index contributed by atoms with van der Waals surface area (Å²) in [6.45, 7) is 4.22. The summed E-state index contributed by atoms with van der Waals surface area (Å²) in [5.74, 6) is 0. The molecule has 2 saturated heterocycles. The van der Waals surface area contributed by atoms with Gasteiger partial charge in [-0.15, -0.1) is 6.58 Å². The van der Waals surface area contributed by atoms with Crippen LogP contribution in [0.3, 0.4) is 0 Å². The Kier molecular flexibility index (Phi) is 5.42. The van der Waals surface area contributed by atoms with Crippen molar-refractivity contribution >= 4 is 0 Å². The van der Waals surface area contributed by atoms with Crippen LogP contribution in [0.15, 0.2) is 43.0 Å². The van der Waals surface area contributed by atoms with Gasteiger partial charge in [0.1, 0.15) is 24.4 Å². The van der Waals surface area contributed by atoms with Gasteiger partial charge in [-0.3, -0.25) is 0 Å².